The molecule has 0 rings (SSSR count). The number of hydrogen-bond acceptors (Lipinski definition) is 4. The fourth-order valence-corrected chi connectivity index (χ4v) is 0.425. The number of carbonyl (C=O) groups is 2. The highest BCUT2D eigenvalue weighted by atomic mass is 19.1. The summed E-state index contributed by atoms with van der Waals surface area (Å²) >= 11 is 0. The van der Waals surface area contributed by atoms with Gasteiger partial charge in [0.2, 0.25) is 0 Å². The van der Waals surface area contributed by atoms with Crippen LogP contribution in [0.2, 0.25) is 0 Å². The van der Waals surface area contributed by atoms with Gasteiger partial charge in [-0.15, -0.1) is 5.48 Å². The number of amides is 1. The summed E-state index contributed by atoms with van der Waals surface area (Å²) in [6, 6.07) is 0. The highest BCUT2D eigenvalue weighted by molar-refractivity contribution is 5.73. The van der Waals surface area contributed by atoms with Crippen LogP contribution in [0.3, 0.4) is 0 Å². The number of alkyl halides is 1. The first kappa shape index (κ1) is 11.7. The average molecular weight is 193 g/mol. The van der Waals surface area contributed by atoms with Gasteiger partial charge >= 0.3 is 12.1 Å². The zero-order valence-electron chi connectivity index (χ0n) is 7.72. The summed E-state index contributed by atoms with van der Waals surface area (Å²) in [5, 5.41) is 0. The fourth-order valence-electron chi connectivity index (χ4n) is 0.425. The predicted molar refractivity (Wildman–Crippen MR) is 41.4 cm³/mol. The quantitative estimate of drug-likeness (QED) is 0.629. The molecule has 13 heavy (non-hydrogen) atoms. The molecule has 0 saturated carbocycles. The summed E-state index contributed by atoms with van der Waals surface area (Å²) in [5.74, 6) is -1.18. The van der Waals surface area contributed by atoms with Gasteiger partial charge in [0.05, 0.1) is 0 Å². The molecule has 0 spiro atoms. The summed E-state index contributed by atoms with van der Waals surface area (Å²) in [6.07, 6.45) is -0.936. The van der Waals surface area contributed by atoms with E-state index in [2.05, 4.69) is 9.57 Å². The Morgan fingerprint density at radius 1 is 1.38 bits per heavy atom. The molecule has 0 aromatic rings. The number of nitrogens with one attached hydrogen (secondary N) is 1. The maximum atomic E-state index is 11.5. The molecule has 6 heteroatoms. The van der Waals surface area contributed by atoms with E-state index in [1.54, 1.807) is 26.3 Å². The maximum Gasteiger partial charge on any atom is 0.441 e. The molecule has 0 aromatic heterocycles. The van der Waals surface area contributed by atoms with E-state index in [1.807, 2.05) is 0 Å². The van der Waals surface area contributed by atoms with Gasteiger partial charge in [0.25, 0.3) is 0 Å². The van der Waals surface area contributed by atoms with Crippen LogP contribution in [-0.2, 0) is 14.4 Å². The van der Waals surface area contributed by atoms with Crippen LogP contribution in [0, 0.1) is 0 Å². The largest absolute Gasteiger partial charge is 0.442 e. The minimum absolute atomic E-state index is 0.688. The van der Waals surface area contributed by atoms with Gasteiger partial charge in [0.15, 0.2) is 6.67 Å². The topological polar surface area (TPSA) is 64.6 Å². The third-order valence-electron chi connectivity index (χ3n) is 0.756. The zero-order chi connectivity index (χ0) is 10.5. The van der Waals surface area contributed by atoms with Crippen LogP contribution in [0.5, 0.6) is 0 Å². The van der Waals surface area contributed by atoms with Crippen molar-refractivity contribution in [3.8, 4) is 0 Å². The summed E-state index contributed by atoms with van der Waals surface area (Å²) in [7, 11) is 0. The Bertz CT molecular complexity index is 199. The first-order valence-electron chi connectivity index (χ1n) is 3.60. The molecule has 0 aliphatic heterocycles. The van der Waals surface area contributed by atoms with Gasteiger partial charge in [0.1, 0.15) is 5.60 Å². The second-order valence-electron chi connectivity index (χ2n) is 3.21. The normalized spacial score (nSPS) is 10.5. The Balaban J connectivity index is 3.71. The number of rotatable bonds is 1. The second-order valence-corrected chi connectivity index (χ2v) is 3.21. The lowest BCUT2D eigenvalue weighted by atomic mass is 10.2. The van der Waals surface area contributed by atoms with E-state index in [9.17, 15) is 14.0 Å². The van der Waals surface area contributed by atoms with Gasteiger partial charge in [-0.05, 0) is 20.8 Å². The van der Waals surface area contributed by atoms with Gasteiger partial charge in [-0.2, -0.15) is 0 Å². The second kappa shape index (κ2) is 4.64. The average Bonchev–Trinajstić information content (AvgIpc) is 1.97. The van der Waals surface area contributed by atoms with E-state index >= 15 is 0 Å². The Kier molecular flexibility index (Phi) is 4.16. The van der Waals surface area contributed by atoms with Crippen LogP contribution in [0.15, 0.2) is 0 Å². The highest BCUT2D eigenvalue weighted by Crippen LogP contribution is 2.06. The summed E-state index contributed by atoms with van der Waals surface area (Å²) in [5.41, 5.74) is 0.951. The predicted octanol–water partition coefficient (Wildman–Crippen LogP) is 0.939. The molecule has 76 valence electrons. The smallest absolute Gasteiger partial charge is 0.441 e. The van der Waals surface area contributed by atoms with E-state index in [4.69, 9.17) is 0 Å². The van der Waals surface area contributed by atoms with Gasteiger partial charge in [-0.1, -0.05) is 0 Å². The highest BCUT2D eigenvalue weighted by Gasteiger charge is 2.17. The minimum Gasteiger partial charge on any atom is -0.442 e. The molecular formula is C7H12FNO4. The number of hydroxylamine groups is 1. The Labute approximate surface area is 75.1 Å². The van der Waals surface area contributed by atoms with Gasteiger partial charge < -0.3 is 9.57 Å². The van der Waals surface area contributed by atoms with E-state index in [-0.39, 0.29) is 0 Å². The molecule has 0 aliphatic rings. The fraction of sp³-hybridized carbons (Fsp3) is 0.714. The maximum absolute atomic E-state index is 11.5. The lowest BCUT2D eigenvalue weighted by Crippen LogP contribution is -2.34. The van der Waals surface area contributed by atoms with Gasteiger partial charge in [-0.25, -0.2) is 14.0 Å². The monoisotopic (exact) mass is 193 g/mol. The van der Waals surface area contributed by atoms with Crippen molar-refractivity contribution < 1.29 is 23.6 Å². The molecule has 0 aromatic carbocycles. The Morgan fingerprint density at radius 3 is 2.31 bits per heavy atom. The number of hydrogen-bond donors (Lipinski definition) is 1. The molecule has 0 unspecified atom stereocenters. The minimum atomic E-state index is -1.30. The van der Waals surface area contributed by atoms with Crippen molar-refractivity contribution in [3.05, 3.63) is 0 Å². The Hall–Kier alpha value is -1.33. The van der Waals surface area contributed by atoms with Crippen molar-refractivity contribution in [3.63, 3.8) is 0 Å². The van der Waals surface area contributed by atoms with Crippen molar-refractivity contribution in [2.45, 2.75) is 26.4 Å². The van der Waals surface area contributed by atoms with Crippen molar-refractivity contribution in [2.75, 3.05) is 6.67 Å². The number of carbonyl (C=O) groups excluding carboxylic acids is 2. The molecule has 0 radical (unpaired) electrons. The van der Waals surface area contributed by atoms with Crippen LogP contribution in [0.1, 0.15) is 20.8 Å². The summed E-state index contributed by atoms with van der Waals surface area (Å²) < 4.78 is 16.2. The standard InChI is InChI=1S/C7H12FNO4/c1-7(2,3)12-6(11)9-13-5(10)4-8/h4H2,1-3H3,(H,9,11). The number of halogens is 1. The first-order valence-corrected chi connectivity index (χ1v) is 3.60. The van der Waals surface area contributed by atoms with Crippen LogP contribution in [0.4, 0.5) is 9.18 Å². The van der Waals surface area contributed by atoms with Crippen molar-refractivity contribution in [1.82, 2.24) is 5.48 Å². The van der Waals surface area contributed by atoms with E-state index in [0.29, 0.717) is 0 Å². The molecular weight excluding hydrogens is 181 g/mol. The zero-order valence-corrected chi connectivity index (χ0v) is 7.72. The van der Waals surface area contributed by atoms with Crippen LogP contribution in [-0.4, -0.2) is 24.3 Å². The van der Waals surface area contributed by atoms with Crippen LogP contribution in [0.25, 0.3) is 0 Å². The molecule has 0 fully saturated rings. The SMILES string of the molecule is CC(C)(C)OC(=O)NOC(=O)CF. The van der Waals surface area contributed by atoms with Gasteiger partial charge in [0, 0.05) is 0 Å². The van der Waals surface area contributed by atoms with Crippen molar-refractivity contribution in [2.24, 2.45) is 0 Å². The lowest BCUT2D eigenvalue weighted by molar-refractivity contribution is -0.151. The molecule has 0 heterocycles. The molecule has 1 N–H and O–H groups in total. The molecule has 0 atom stereocenters. The molecule has 5 nitrogen and oxygen atoms in total. The van der Waals surface area contributed by atoms with E-state index < -0.39 is 24.3 Å². The molecule has 0 saturated heterocycles. The molecule has 0 bridgehead atoms. The molecule has 1 amide bonds. The third-order valence-corrected chi connectivity index (χ3v) is 0.756. The van der Waals surface area contributed by atoms with Crippen molar-refractivity contribution in [1.29, 1.82) is 0 Å². The Morgan fingerprint density at radius 2 is 1.92 bits per heavy atom. The molecule has 0 aliphatic carbocycles. The lowest BCUT2D eigenvalue weighted by Gasteiger charge is -2.18. The van der Waals surface area contributed by atoms with E-state index in [0.717, 1.165) is 0 Å². The first-order chi connectivity index (χ1) is 5.85. The number of ether oxygens (including phenoxy) is 1. The van der Waals surface area contributed by atoms with E-state index in [1.165, 1.54) is 0 Å². The van der Waals surface area contributed by atoms with Crippen LogP contribution < -0.4 is 5.48 Å². The van der Waals surface area contributed by atoms with Gasteiger partial charge in [-0.3, -0.25) is 0 Å². The van der Waals surface area contributed by atoms with Crippen molar-refractivity contribution >= 4 is 12.1 Å². The third kappa shape index (κ3) is 7.04. The summed E-state index contributed by atoms with van der Waals surface area (Å²) in [6.45, 7) is 3.63. The summed E-state index contributed by atoms with van der Waals surface area (Å²) in [4.78, 5) is 24.9. The van der Waals surface area contributed by atoms with Crippen LogP contribution >= 0.6 is 0 Å².